The zero-order valence-corrected chi connectivity index (χ0v) is 16.9. The molecule has 0 N–H and O–H groups in total. The Balaban J connectivity index is 1.93. The molecule has 0 fully saturated rings. The first-order chi connectivity index (χ1) is 11.5. The molecule has 0 saturated heterocycles. The van der Waals surface area contributed by atoms with Crippen molar-refractivity contribution in [1.29, 1.82) is 0 Å². The number of halogens is 2. The molecule has 0 amide bonds. The van der Waals surface area contributed by atoms with Gasteiger partial charge in [-0.15, -0.1) is 9.05 Å². The van der Waals surface area contributed by atoms with Crippen molar-refractivity contribution in [3.8, 4) is 11.8 Å². The van der Waals surface area contributed by atoms with Crippen LogP contribution in [-0.4, -0.2) is 24.2 Å². The molecule has 0 unspecified atom stereocenters. The second-order valence-corrected chi connectivity index (χ2v) is 7.21. The molecule has 0 spiro atoms. The summed E-state index contributed by atoms with van der Waals surface area (Å²) < 4.78 is 34.2. The van der Waals surface area contributed by atoms with Crippen molar-refractivity contribution in [3.05, 3.63) is 44.6 Å². The molecule has 0 aliphatic rings. The van der Waals surface area contributed by atoms with Gasteiger partial charge in [0.1, 0.15) is 13.2 Å². The molecule has 2 aromatic heterocycles. The number of rotatable bonds is 8. The number of nitrogens with zero attached hydrogens (tertiary/aromatic N) is 2. The van der Waals surface area contributed by atoms with Crippen molar-refractivity contribution in [3.63, 3.8) is 0 Å². The van der Waals surface area contributed by atoms with Crippen molar-refractivity contribution in [2.75, 3.05) is 14.2 Å². The van der Waals surface area contributed by atoms with Crippen LogP contribution in [0.15, 0.2) is 33.5 Å². The summed E-state index contributed by atoms with van der Waals surface area (Å²) >= 11 is 6.63. The summed E-state index contributed by atoms with van der Waals surface area (Å²) in [5.41, 5.74) is 1.31. The molecule has 24 heavy (non-hydrogen) atoms. The van der Waals surface area contributed by atoms with Crippen molar-refractivity contribution in [2.45, 2.75) is 13.2 Å². The minimum atomic E-state index is -2.33. The van der Waals surface area contributed by atoms with Gasteiger partial charge in [-0.2, -0.15) is 0 Å². The van der Waals surface area contributed by atoms with Gasteiger partial charge in [0.15, 0.2) is 0 Å². The minimum absolute atomic E-state index is 0.0404. The summed E-state index contributed by atoms with van der Waals surface area (Å²) in [6.45, 7) is 0.0807. The van der Waals surface area contributed by atoms with Crippen molar-refractivity contribution in [2.24, 2.45) is 0 Å². The Kier molecular flexibility index (Phi) is 7.51. The highest BCUT2D eigenvalue weighted by atomic mass is 79.9. The van der Waals surface area contributed by atoms with Crippen LogP contribution in [-0.2, 0) is 26.8 Å². The topological polar surface area (TPSA) is 79.8 Å². The van der Waals surface area contributed by atoms with Crippen molar-refractivity contribution in [1.82, 2.24) is 9.97 Å². The lowest BCUT2D eigenvalue weighted by Crippen LogP contribution is -1.98. The van der Waals surface area contributed by atoms with Crippen molar-refractivity contribution >= 4 is 40.1 Å². The van der Waals surface area contributed by atoms with E-state index < -0.39 is 8.25 Å². The van der Waals surface area contributed by atoms with Gasteiger partial charge in [-0.25, -0.2) is 9.97 Å². The Bertz CT molecular complexity index is 673. The number of aromatic nitrogens is 2. The molecule has 0 aliphatic heterocycles. The van der Waals surface area contributed by atoms with E-state index in [1.54, 1.807) is 24.5 Å². The third kappa shape index (κ3) is 5.46. The van der Waals surface area contributed by atoms with Gasteiger partial charge in [0.2, 0.25) is 11.8 Å². The van der Waals surface area contributed by atoms with Crippen LogP contribution in [0.2, 0.25) is 0 Å². The molecule has 0 bridgehead atoms. The zero-order chi connectivity index (χ0) is 17.5. The fraction of sp³-hybridized carbons (Fsp3) is 0.286. The first-order valence-electron chi connectivity index (χ1n) is 6.63. The Morgan fingerprint density at radius 2 is 1.33 bits per heavy atom. The summed E-state index contributed by atoms with van der Waals surface area (Å²) in [6, 6.07) is 3.55. The average molecular weight is 481 g/mol. The van der Waals surface area contributed by atoms with E-state index in [1.807, 2.05) is 0 Å². The van der Waals surface area contributed by atoms with E-state index in [0.29, 0.717) is 22.9 Å². The smallest absolute Gasteiger partial charge is 0.481 e. The first kappa shape index (κ1) is 19.2. The highest BCUT2D eigenvalue weighted by Crippen LogP contribution is 2.31. The van der Waals surface area contributed by atoms with E-state index in [4.69, 9.17) is 18.5 Å². The molecule has 2 rings (SSSR count). The molecular formula is C14H14Br2N2O5P+. The van der Waals surface area contributed by atoms with Crippen LogP contribution in [0.5, 0.6) is 11.8 Å². The summed E-state index contributed by atoms with van der Waals surface area (Å²) in [4.78, 5) is 8.17. The number of methoxy groups -OCH3 is 2. The fourth-order valence-electron chi connectivity index (χ4n) is 1.79. The Hall–Kier alpha value is -1.12. The standard InChI is InChI=1S/C14H14Br2N2O5P/c1-20-13-9(3-11(15)5-17-13)7-22-24(19)23-8-10-4-12(16)6-18-14(10)21-2/h3-6H,7-8H2,1-2H3/q+1. The summed E-state index contributed by atoms with van der Waals surface area (Å²) in [5.74, 6) is 0.805. The van der Waals surface area contributed by atoms with Crippen LogP contribution < -0.4 is 9.47 Å². The Labute approximate surface area is 156 Å². The quantitative estimate of drug-likeness (QED) is 0.517. The van der Waals surface area contributed by atoms with Gasteiger partial charge in [0, 0.05) is 37.0 Å². The van der Waals surface area contributed by atoms with E-state index in [0.717, 1.165) is 8.95 Å². The number of hydrogen-bond acceptors (Lipinski definition) is 7. The van der Waals surface area contributed by atoms with Gasteiger partial charge in [-0.05, 0) is 44.0 Å². The molecule has 0 radical (unpaired) electrons. The van der Waals surface area contributed by atoms with Crippen LogP contribution in [0.4, 0.5) is 0 Å². The molecule has 128 valence electrons. The van der Waals surface area contributed by atoms with Gasteiger partial charge in [-0.3, -0.25) is 0 Å². The van der Waals surface area contributed by atoms with Crippen molar-refractivity contribution < 1.29 is 23.1 Å². The van der Waals surface area contributed by atoms with Gasteiger partial charge in [0.05, 0.1) is 14.2 Å². The SMILES string of the molecule is COc1ncc(Br)cc1CO[P+](=O)OCc1cc(Br)cnc1OC. The second-order valence-electron chi connectivity index (χ2n) is 4.41. The Morgan fingerprint density at radius 3 is 1.71 bits per heavy atom. The van der Waals surface area contributed by atoms with Gasteiger partial charge < -0.3 is 9.47 Å². The molecule has 0 saturated carbocycles. The van der Waals surface area contributed by atoms with E-state index >= 15 is 0 Å². The lowest BCUT2D eigenvalue weighted by atomic mass is 10.3. The molecule has 2 heterocycles. The van der Waals surface area contributed by atoms with Crippen LogP contribution >= 0.6 is 40.1 Å². The van der Waals surface area contributed by atoms with Crippen LogP contribution in [0, 0.1) is 0 Å². The summed E-state index contributed by atoms with van der Waals surface area (Å²) in [5, 5.41) is 0. The summed E-state index contributed by atoms with van der Waals surface area (Å²) in [6.07, 6.45) is 3.21. The normalized spacial score (nSPS) is 10.5. The highest BCUT2D eigenvalue weighted by Gasteiger charge is 2.23. The van der Waals surface area contributed by atoms with E-state index in [1.165, 1.54) is 14.2 Å². The molecule has 2 aromatic rings. The van der Waals surface area contributed by atoms with Gasteiger partial charge >= 0.3 is 8.25 Å². The maximum absolute atomic E-state index is 11.9. The average Bonchev–Trinajstić information content (AvgIpc) is 2.58. The fourth-order valence-corrected chi connectivity index (χ4v) is 3.11. The van der Waals surface area contributed by atoms with Crippen LogP contribution in [0.3, 0.4) is 0 Å². The predicted octanol–water partition coefficient (Wildman–Crippen LogP) is 4.41. The number of pyridine rings is 2. The summed E-state index contributed by atoms with van der Waals surface area (Å²) in [7, 11) is 0.676. The molecule has 0 aliphatic carbocycles. The van der Waals surface area contributed by atoms with E-state index in [2.05, 4.69) is 41.8 Å². The second kappa shape index (κ2) is 9.39. The van der Waals surface area contributed by atoms with Crippen LogP contribution in [0.1, 0.15) is 11.1 Å². The monoisotopic (exact) mass is 479 g/mol. The molecule has 10 heteroatoms. The lowest BCUT2D eigenvalue weighted by Gasteiger charge is -2.05. The van der Waals surface area contributed by atoms with E-state index in [9.17, 15) is 4.57 Å². The Morgan fingerprint density at radius 1 is 0.917 bits per heavy atom. The molecule has 0 atom stereocenters. The highest BCUT2D eigenvalue weighted by molar-refractivity contribution is 9.10. The molecule has 7 nitrogen and oxygen atoms in total. The van der Waals surface area contributed by atoms with Gasteiger partial charge in [-0.1, -0.05) is 0 Å². The maximum atomic E-state index is 11.9. The molecule has 0 aromatic carbocycles. The number of hydrogen-bond donors (Lipinski definition) is 0. The van der Waals surface area contributed by atoms with E-state index in [-0.39, 0.29) is 13.2 Å². The number of ether oxygens (including phenoxy) is 2. The maximum Gasteiger partial charge on any atom is 0.698 e. The molecular weight excluding hydrogens is 467 g/mol. The van der Waals surface area contributed by atoms with Crippen LogP contribution in [0.25, 0.3) is 0 Å². The predicted molar refractivity (Wildman–Crippen MR) is 94.2 cm³/mol. The minimum Gasteiger partial charge on any atom is -0.481 e. The van der Waals surface area contributed by atoms with Gasteiger partial charge in [0.25, 0.3) is 0 Å². The third-order valence-corrected chi connectivity index (χ3v) is 4.37. The lowest BCUT2D eigenvalue weighted by molar-refractivity contribution is 0.208. The largest absolute Gasteiger partial charge is 0.698 e. The zero-order valence-electron chi connectivity index (χ0n) is 12.9. The first-order valence-corrected chi connectivity index (χ1v) is 9.31. The third-order valence-electron chi connectivity index (χ3n) is 2.82.